The average molecular weight is 318 g/mol. The minimum absolute atomic E-state index is 0.112. The van der Waals surface area contributed by atoms with Gasteiger partial charge >= 0.3 is 0 Å². The summed E-state index contributed by atoms with van der Waals surface area (Å²) in [5.74, 6) is -0.518. The van der Waals surface area contributed by atoms with Crippen LogP contribution in [0.25, 0.3) is 0 Å². The van der Waals surface area contributed by atoms with E-state index >= 15 is 0 Å². The molecule has 1 aromatic rings. The van der Waals surface area contributed by atoms with Crippen molar-refractivity contribution in [3.05, 3.63) is 35.6 Å². The Kier molecular flexibility index (Phi) is 4.94. The molecule has 5 heteroatoms. The largest absolute Gasteiger partial charge is 0.342 e. The van der Waals surface area contributed by atoms with Gasteiger partial charge in [-0.25, -0.2) is 4.39 Å². The second-order valence-corrected chi connectivity index (χ2v) is 6.49. The van der Waals surface area contributed by atoms with Gasteiger partial charge in [0, 0.05) is 31.7 Å². The summed E-state index contributed by atoms with van der Waals surface area (Å²) in [5, 5.41) is 0. The number of carbonyl (C=O) groups excluding carboxylic acids is 2. The first-order valence-electron chi connectivity index (χ1n) is 8.49. The number of carbonyl (C=O) groups is 2. The van der Waals surface area contributed by atoms with Crippen LogP contribution in [0, 0.1) is 11.7 Å². The van der Waals surface area contributed by atoms with Crippen LogP contribution in [0.2, 0.25) is 0 Å². The Hall–Kier alpha value is -1.91. The van der Waals surface area contributed by atoms with Crippen molar-refractivity contribution >= 4 is 11.8 Å². The molecule has 23 heavy (non-hydrogen) atoms. The summed E-state index contributed by atoms with van der Waals surface area (Å²) in [7, 11) is 0. The number of hydrogen-bond acceptors (Lipinski definition) is 2. The highest BCUT2D eigenvalue weighted by Gasteiger charge is 2.32. The Labute approximate surface area is 136 Å². The molecule has 1 atom stereocenters. The van der Waals surface area contributed by atoms with Crippen LogP contribution in [0.5, 0.6) is 0 Å². The van der Waals surface area contributed by atoms with Gasteiger partial charge in [0.25, 0.3) is 5.91 Å². The summed E-state index contributed by atoms with van der Waals surface area (Å²) >= 11 is 0. The molecule has 3 rings (SSSR count). The van der Waals surface area contributed by atoms with Crippen molar-refractivity contribution in [1.82, 2.24) is 9.80 Å². The number of piperidine rings is 2. The lowest BCUT2D eigenvalue weighted by Crippen LogP contribution is -2.47. The zero-order valence-corrected chi connectivity index (χ0v) is 13.3. The molecule has 0 N–H and O–H groups in total. The second-order valence-electron chi connectivity index (χ2n) is 6.49. The Morgan fingerprint density at radius 2 is 1.74 bits per heavy atom. The van der Waals surface area contributed by atoms with Gasteiger partial charge in [0.15, 0.2) is 0 Å². The van der Waals surface area contributed by atoms with E-state index < -0.39 is 5.82 Å². The zero-order valence-electron chi connectivity index (χ0n) is 13.3. The third-order valence-corrected chi connectivity index (χ3v) is 4.80. The molecule has 2 fully saturated rings. The first-order valence-corrected chi connectivity index (χ1v) is 8.49. The van der Waals surface area contributed by atoms with Crippen molar-refractivity contribution in [3.8, 4) is 0 Å². The van der Waals surface area contributed by atoms with Gasteiger partial charge in [-0.2, -0.15) is 0 Å². The molecule has 2 aliphatic heterocycles. The SMILES string of the molecule is O=C(c1cccc(F)c1)N1CCC[C@@H](C(=O)N2CCCCC2)C1. The van der Waals surface area contributed by atoms with Crippen molar-refractivity contribution in [2.24, 2.45) is 5.92 Å². The lowest BCUT2D eigenvalue weighted by molar-refractivity contribution is -0.137. The zero-order chi connectivity index (χ0) is 16.2. The van der Waals surface area contributed by atoms with Crippen LogP contribution in [0.15, 0.2) is 24.3 Å². The lowest BCUT2D eigenvalue weighted by Gasteiger charge is -2.36. The average Bonchev–Trinajstić information content (AvgIpc) is 2.61. The Balaban J connectivity index is 1.65. The Morgan fingerprint density at radius 3 is 2.48 bits per heavy atom. The van der Waals surface area contributed by atoms with Crippen LogP contribution in [0.4, 0.5) is 4.39 Å². The second kappa shape index (κ2) is 7.11. The maximum Gasteiger partial charge on any atom is 0.253 e. The van der Waals surface area contributed by atoms with Crippen LogP contribution in [0.1, 0.15) is 42.5 Å². The number of nitrogens with zero attached hydrogens (tertiary/aromatic N) is 2. The molecular formula is C18H23FN2O2. The van der Waals surface area contributed by atoms with E-state index in [0.29, 0.717) is 18.7 Å². The van der Waals surface area contributed by atoms with E-state index in [1.807, 2.05) is 4.90 Å². The molecule has 2 aliphatic rings. The van der Waals surface area contributed by atoms with E-state index in [0.717, 1.165) is 38.8 Å². The monoisotopic (exact) mass is 318 g/mol. The molecule has 4 nitrogen and oxygen atoms in total. The van der Waals surface area contributed by atoms with Crippen LogP contribution in [-0.4, -0.2) is 47.8 Å². The highest BCUT2D eigenvalue weighted by molar-refractivity contribution is 5.94. The molecule has 124 valence electrons. The molecular weight excluding hydrogens is 295 g/mol. The number of rotatable bonds is 2. The third kappa shape index (κ3) is 3.71. The van der Waals surface area contributed by atoms with Crippen molar-refractivity contribution in [2.45, 2.75) is 32.1 Å². The molecule has 0 aliphatic carbocycles. The topological polar surface area (TPSA) is 40.6 Å². The minimum Gasteiger partial charge on any atom is -0.342 e. The molecule has 0 radical (unpaired) electrons. The first-order chi connectivity index (χ1) is 11.1. The summed E-state index contributed by atoms with van der Waals surface area (Å²) in [4.78, 5) is 28.8. The summed E-state index contributed by atoms with van der Waals surface area (Å²) in [5.41, 5.74) is 0.357. The van der Waals surface area contributed by atoms with Gasteiger partial charge in [0.1, 0.15) is 5.82 Å². The van der Waals surface area contributed by atoms with Gasteiger partial charge in [-0.1, -0.05) is 6.07 Å². The fourth-order valence-corrected chi connectivity index (χ4v) is 3.54. The fourth-order valence-electron chi connectivity index (χ4n) is 3.54. The lowest BCUT2D eigenvalue weighted by atomic mass is 9.95. The normalized spacial score (nSPS) is 22.0. The summed E-state index contributed by atoms with van der Waals surface area (Å²) in [6, 6.07) is 5.76. The van der Waals surface area contributed by atoms with Gasteiger partial charge < -0.3 is 9.80 Å². The highest BCUT2D eigenvalue weighted by atomic mass is 19.1. The molecule has 0 bridgehead atoms. The number of benzene rings is 1. The minimum atomic E-state index is -0.409. The molecule has 2 heterocycles. The predicted molar refractivity (Wildman–Crippen MR) is 85.5 cm³/mol. The quantitative estimate of drug-likeness (QED) is 0.841. The molecule has 0 saturated carbocycles. The van der Waals surface area contributed by atoms with Gasteiger partial charge in [0.2, 0.25) is 5.91 Å². The Bertz CT molecular complexity index is 584. The van der Waals surface area contributed by atoms with E-state index in [-0.39, 0.29) is 17.7 Å². The smallest absolute Gasteiger partial charge is 0.253 e. The highest BCUT2D eigenvalue weighted by Crippen LogP contribution is 2.22. The Morgan fingerprint density at radius 1 is 1.00 bits per heavy atom. The van der Waals surface area contributed by atoms with Crippen molar-refractivity contribution in [2.75, 3.05) is 26.2 Å². The van der Waals surface area contributed by atoms with Gasteiger partial charge in [-0.15, -0.1) is 0 Å². The standard InChI is InChI=1S/C18H23FN2O2/c19-16-8-4-6-14(12-16)17(22)21-11-5-7-15(13-21)18(23)20-9-2-1-3-10-20/h4,6,8,12,15H,1-3,5,7,9-11,13H2/t15-/m1/s1. The summed E-state index contributed by atoms with van der Waals surface area (Å²) in [6.45, 7) is 2.77. The van der Waals surface area contributed by atoms with Crippen molar-refractivity contribution < 1.29 is 14.0 Å². The number of amides is 2. The molecule has 1 aromatic carbocycles. The molecule has 0 spiro atoms. The molecule has 0 unspecified atom stereocenters. The van der Waals surface area contributed by atoms with E-state index in [4.69, 9.17) is 0 Å². The first kappa shape index (κ1) is 16.0. The van der Waals surface area contributed by atoms with E-state index in [1.54, 1.807) is 17.0 Å². The maximum atomic E-state index is 13.3. The fraction of sp³-hybridized carbons (Fsp3) is 0.556. The molecule has 0 aromatic heterocycles. The van der Waals surface area contributed by atoms with Gasteiger partial charge in [-0.05, 0) is 50.3 Å². The van der Waals surface area contributed by atoms with Crippen molar-refractivity contribution in [3.63, 3.8) is 0 Å². The predicted octanol–water partition coefficient (Wildman–Crippen LogP) is 2.69. The summed E-state index contributed by atoms with van der Waals surface area (Å²) in [6.07, 6.45) is 5.00. The van der Waals surface area contributed by atoms with Crippen LogP contribution >= 0.6 is 0 Å². The molecule has 2 saturated heterocycles. The number of likely N-dealkylation sites (tertiary alicyclic amines) is 2. The number of hydrogen-bond donors (Lipinski definition) is 0. The van der Waals surface area contributed by atoms with Crippen LogP contribution in [-0.2, 0) is 4.79 Å². The van der Waals surface area contributed by atoms with Crippen LogP contribution in [0.3, 0.4) is 0 Å². The maximum absolute atomic E-state index is 13.3. The number of halogens is 1. The summed E-state index contributed by atoms with van der Waals surface area (Å²) < 4.78 is 13.3. The van der Waals surface area contributed by atoms with Crippen LogP contribution < -0.4 is 0 Å². The van der Waals surface area contributed by atoms with E-state index in [2.05, 4.69) is 0 Å². The van der Waals surface area contributed by atoms with Gasteiger partial charge in [-0.3, -0.25) is 9.59 Å². The third-order valence-electron chi connectivity index (χ3n) is 4.80. The molecule has 2 amide bonds. The van der Waals surface area contributed by atoms with Gasteiger partial charge in [0.05, 0.1) is 5.92 Å². The van der Waals surface area contributed by atoms with Crippen molar-refractivity contribution in [1.29, 1.82) is 0 Å². The van der Waals surface area contributed by atoms with E-state index in [1.165, 1.54) is 18.6 Å². The van der Waals surface area contributed by atoms with E-state index in [9.17, 15) is 14.0 Å².